The second-order valence-corrected chi connectivity index (χ2v) is 6.89. The lowest BCUT2D eigenvalue weighted by Gasteiger charge is -2.06. The van der Waals surface area contributed by atoms with Crippen molar-refractivity contribution in [3.05, 3.63) is 63.6 Å². The van der Waals surface area contributed by atoms with Gasteiger partial charge >= 0.3 is 5.97 Å². The van der Waals surface area contributed by atoms with Crippen molar-refractivity contribution in [2.24, 2.45) is 0 Å². The van der Waals surface area contributed by atoms with E-state index in [1.165, 1.54) is 35.6 Å². The molecule has 0 spiro atoms. The van der Waals surface area contributed by atoms with Gasteiger partial charge in [0.15, 0.2) is 0 Å². The van der Waals surface area contributed by atoms with Gasteiger partial charge in [-0.1, -0.05) is 15.9 Å². The fourth-order valence-corrected chi connectivity index (χ4v) is 3.35. The van der Waals surface area contributed by atoms with Crippen LogP contribution in [0.2, 0.25) is 0 Å². The maximum atomic E-state index is 12.0. The first-order valence-electron chi connectivity index (χ1n) is 7.31. The van der Waals surface area contributed by atoms with E-state index in [2.05, 4.69) is 20.9 Å². The van der Waals surface area contributed by atoms with Crippen LogP contribution in [-0.4, -0.2) is 23.2 Å². The zero-order valence-electron chi connectivity index (χ0n) is 13.2. The summed E-state index contributed by atoms with van der Waals surface area (Å²) in [5.74, 6) is 0.364. The number of methoxy groups -OCH3 is 1. The first-order valence-corrected chi connectivity index (χ1v) is 8.98. The van der Waals surface area contributed by atoms with Crippen LogP contribution in [-0.2, 0) is 11.3 Å². The van der Waals surface area contributed by atoms with Gasteiger partial charge in [-0.3, -0.25) is 0 Å². The van der Waals surface area contributed by atoms with Crippen molar-refractivity contribution in [2.75, 3.05) is 7.11 Å². The molecule has 3 rings (SSSR count). The number of phenolic OH excluding ortho intramolecular Hbond substituents is 1. The van der Waals surface area contributed by atoms with Crippen molar-refractivity contribution in [1.29, 1.82) is 0 Å². The molecule has 0 atom stereocenters. The van der Waals surface area contributed by atoms with E-state index in [1.54, 1.807) is 7.11 Å². The van der Waals surface area contributed by atoms with E-state index in [-0.39, 0.29) is 12.4 Å². The molecule has 0 saturated carbocycles. The number of halogens is 1. The van der Waals surface area contributed by atoms with E-state index in [9.17, 15) is 9.90 Å². The van der Waals surface area contributed by atoms with Crippen LogP contribution >= 0.6 is 27.3 Å². The van der Waals surface area contributed by atoms with Crippen molar-refractivity contribution in [1.82, 2.24) is 4.98 Å². The van der Waals surface area contributed by atoms with Gasteiger partial charge in [-0.25, -0.2) is 9.78 Å². The number of hydrogen-bond acceptors (Lipinski definition) is 6. The normalized spacial score (nSPS) is 10.5. The topological polar surface area (TPSA) is 68.7 Å². The second kappa shape index (κ2) is 7.67. The van der Waals surface area contributed by atoms with Crippen molar-refractivity contribution in [3.8, 4) is 22.1 Å². The molecule has 7 heteroatoms. The third-order valence-corrected chi connectivity index (χ3v) is 4.82. The maximum absolute atomic E-state index is 12.0. The van der Waals surface area contributed by atoms with Crippen LogP contribution in [0.15, 0.2) is 52.3 Å². The molecular formula is C18H14BrNO4S. The summed E-state index contributed by atoms with van der Waals surface area (Å²) in [5.41, 5.74) is 1.91. The number of aromatic nitrogens is 1. The highest BCUT2D eigenvalue weighted by Crippen LogP contribution is 2.34. The van der Waals surface area contributed by atoms with E-state index in [1.807, 2.05) is 23.6 Å². The Balaban J connectivity index is 1.71. The summed E-state index contributed by atoms with van der Waals surface area (Å²) < 4.78 is 11.6. The number of hydrogen-bond donors (Lipinski definition) is 1. The number of carbonyl (C=O) groups excluding carboxylic acids is 1. The van der Waals surface area contributed by atoms with Gasteiger partial charge in [-0.15, -0.1) is 11.3 Å². The van der Waals surface area contributed by atoms with Crippen LogP contribution in [0.5, 0.6) is 11.5 Å². The Bertz CT molecular complexity index is 892. The fourth-order valence-electron chi connectivity index (χ4n) is 2.16. The SMILES string of the molecule is COc1ccc(Br)cc1-c1nc(COC(=O)c2ccc(O)cc2)cs1. The molecule has 0 fully saturated rings. The minimum absolute atomic E-state index is 0.0759. The first-order chi connectivity index (χ1) is 12.1. The Morgan fingerprint density at radius 3 is 2.72 bits per heavy atom. The number of ether oxygens (including phenoxy) is 2. The maximum Gasteiger partial charge on any atom is 0.338 e. The van der Waals surface area contributed by atoms with Crippen molar-refractivity contribution in [3.63, 3.8) is 0 Å². The third-order valence-electron chi connectivity index (χ3n) is 3.40. The number of nitrogens with zero attached hydrogens (tertiary/aromatic N) is 1. The molecule has 1 aromatic heterocycles. The molecule has 0 aliphatic carbocycles. The highest BCUT2D eigenvalue weighted by atomic mass is 79.9. The van der Waals surface area contributed by atoms with E-state index in [0.29, 0.717) is 11.3 Å². The molecular weight excluding hydrogens is 406 g/mol. The van der Waals surface area contributed by atoms with Gasteiger partial charge < -0.3 is 14.6 Å². The Morgan fingerprint density at radius 1 is 1.24 bits per heavy atom. The molecule has 128 valence electrons. The van der Waals surface area contributed by atoms with E-state index < -0.39 is 5.97 Å². The van der Waals surface area contributed by atoms with E-state index in [0.717, 1.165) is 20.8 Å². The molecule has 1 N–H and O–H groups in total. The van der Waals surface area contributed by atoms with Gasteiger partial charge in [0.05, 0.1) is 23.9 Å². The Labute approximate surface area is 157 Å². The number of aromatic hydroxyl groups is 1. The number of esters is 1. The molecule has 0 radical (unpaired) electrons. The summed E-state index contributed by atoms with van der Waals surface area (Å²) in [6.45, 7) is 0.0759. The molecule has 0 saturated heterocycles. The highest BCUT2D eigenvalue weighted by molar-refractivity contribution is 9.10. The van der Waals surface area contributed by atoms with Crippen molar-refractivity contribution < 1.29 is 19.4 Å². The molecule has 0 aliphatic heterocycles. The molecule has 3 aromatic rings. The molecule has 2 aromatic carbocycles. The smallest absolute Gasteiger partial charge is 0.338 e. The molecule has 0 aliphatic rings. The van der Waals surface area contributed by atoms with Gasteiger partial charge in [0.2, 0.25) is 0 Å². The average molecular weight is 420 g/mol. The number of rotatable bonds is 5. The van der Waals surface area contributed by atoms with E-state index in [4.69, 9.17) is 9.47 Å². The molecule has 5 nitrogen and oxygen atoms in total. The lowest BCUT2D eigenvalue weighted by molar-refractivity contribution is 0.0468. The van der Waals surface area contributed by atoms with Crippen LogP contribution in [0, 0.1) is 0 Å². The van der Waals surface area contributed by atoms with Gasteiger partial charge in [-0.05, 0) is 42.5 Å². The summed E-state index contributed by atoms with van der Waals surface area (Å²) in [4.78, 5) is 16.5. The van der Waals surface area contributed by atoms with Gasteiger partial charge in [0.25, 0.3) is 0 Å². The van der Waals surface area contributed by atoms with Crippen LogP contribution in [0.1, 0.15) is 16.1 Å². The number of benzene rings is 2. The summed E-state index contributed by atoms with van der Waals surface area (Å²) in [5, 5.41) is 11.9. The van der Waals surface area contributed by atoms with Crippen LogP contribution in [0.3, 0.4) is 0 Å². The third kappa shape index (κ3) is 4.18. The summed E-state index contributed by atoms with van der Waals surface area (Å²) in [6.07, 6.45) is 0. The molecule has 0 amide bonds. The van der Waals surface area contributed by atoms with Crippen LogP contribution < -0.4 is 4.74 Å². The average Bonchev–Trinajstić information content (AvgIpc) is 3.09. The van der Waals surface area contributed by atoms with E-state index >= 15 is 0 Å². The molecule has 0 unspecified atom stereocenters. The quantitative estimate of drug-likeness (QED) is 0.609. The van der Waals surface area contributed by atoms with Gasteiger partial charge in [-0.2, -0.15) is 0 Å². The van der Waals surface area contributed by atoms with Gasteiger partial charge in [0, 0.05) is 9.85 Å². The predicted octanol–water partition coefficient (Wildman–Crippen LogP) is 4.64. The Kier molecular flexibility index (Phi) is 5.35. The van der Waals surface area contributed by atoms with Gasteiger partial charge in [0.1, 0.15) is 23.1 Å². The lowest BCUT2D eigenvalue weighted by Crippen LogP contribution is -2.05. The molecule has 1 heterocycles. The standard InChI is InChI=1S/C18H14BrNO4S/c1-23-16-7-4-12(19)8-15(16)17-20-13(10-25-17)9-24-18(22)11-2-5-14(21)6-3-11/h2-8,10,21H,9H2,1H3. The predicted molar refractivity (Wildman–Crippen MR) is 99.0 cm³/mol. The Morgan fingerprint density at radius 2 is 2.00 bits per heavy atom. The summed E-state index contributed by atoms with van der Waals surface area (Å²) in [7, 11) is 1.61. The van der Waals surface area contributed by atoms with Crippen molar-refractivity contribution in [2.45, 2.75) is 6.61 Å². The largest absolute Gasteiger partial charge is 0.508 e. The molecule has 25 heavy (non-hydrogen) atoms. The minimum Gasteiger partial charge on any atom is -0.508 e. The zero-order chi connectivity index (χ0) is 17.8. The first kappa shape index (κ1) is 17.4. The number of carbonyl (C=O) groups is 1. The highest BCUT2D eigenvalue weighted by Gasteiger charge is 2.13. The van der Waals surface area contributed by atoms with Crippen LogP contribution in [0.4, 0.5) is 0 Å². The molecule has 0 bridgehead atoms. The van der Waals surface area contributed by atoms with Crippen molar-refractivity contribution >= 4 is 33.2 Å². The lowest BCUT2D eigenvalue weighted by atomic mass is 10.2. The number of thiazole rings is 1. The zero-order valence-corrected chi connectivity index (χ0v) is 15.6. The summed E-state index contributed by atoms with van der Waals surface area (Å²) >= 11 is 4.90. The number of phenols is 1. The second-order valence-electron chi connectivity index (χ2n) is 5.11. The van der Waals surface area contributed by atoms with Crippen LogP contribution in [0.25, 0.3) is 10.6 Å². The summed E-state index contributed by atoms with van der Waals surface area (Å²) in [6, 6.07) is 11.6. The minimum atomic E-state index is -0.463. The monoisotopic (exact) mass is 419 g/mol. The Hall–Kier alpha value is -2.38. The fraction of sp³-hybridized carbons (Fsp3) is 0.111.